The fourth-order valence-electron chi connectivity index (χ4n) is 0.563. The number of rotatable bonds is 1. The van der Waals surface area contributed by atoms with Gasteiger partial charge in [-0.25, -0.2) is 4.98 Å². The number of imidazole rings is 1. The van der Waals surface area contributed by atoms with E-state index >= 15 is 0 Å². The van der Waals surface area contributed by atoms with E-state index < -0.39 is 0 Å². The second-order valence-corrected chi connectivity index (χ2v) is 3.51. The van der Waals surface area contributed by atoms with Crippen molar-refractivity contribution in [2.24, 2.45) is 7.05 Å². The minimum atomic E-state index is 1.07. The van der Waals surface area contributed by atoms with Gasteiger partial charge in [0.1, 0.15) is 3.70 Å². The molecule has 0 spiro atoms. The van der Waals surface area contributed by atoms with Crippen LogP contribution in [0, 0.1) is 3.70 Å². The molecule has 9 heavy (non-hydrogen) atoms. The van der Waals surface area contributed by atoms with Gasteiger partial charge in [-0.3, -0.25) is 0 Å². The molecule has 0 aliphatic heterocycles. The SMILES string of the molecule is CSc1ncc(I)n1C. The second-order valence-electron chi connectivity index (χ2n) is 1.63. The summed E-state index contributed by atoms with van der Waals surface area (Å²) in [5.41, 5.74) is 0. The van der Waals surface area contributed by atoms with Crippen molar-refractivity contribution in [2.75, 3.05) is 6.26 Å². The molecule has 0 fully saturated rings. The van der Waals surface area contributed by atoms with E-state index in [0.29, 0.717) is 0 Å². The maximum absolute atomic E-state index is 4.15. The van der Waals surface area contributed by atoms with Crippen LogP contribution in [0.3, 0.4) is 0 Å². The largest absolute Gasteiger partial charge is 0.318 e. The van der Waals surface area contributed by atoms with Crippen molar-refractivity contribution in [3.8, 4) is 0 Å². The van der Waals surface area contributed by atoms with Crippen molar-refractivity contribution in [3.05, 3.63) is 9.90 Å². The number of hydrogen-bond acceptors (Lipinski definition) is 2. The molecule has 0 amide bonds. The summed E-state index contributed by atoms with van der Waals surface area (Å²) < 4.78 is 3.24. The topological polar surface area (TPSA) is 17.8 Å². The molecule has 0 radical (unpaired) electrons. The third-order valence-corrected chi connectivity index (χ3v) is 2.82. The van der Waals surface area contributed by atoms with Gasteiger partial charge in [-0.1, -0.05) is 11.8 Å². The summed E-state index contributed by atoms with van der Waals surface area (Å²) in [6.07, 6.45) is 3.89. The van der Waals surface area contributed by atoms with Gasteiger partial charge in [-0.15, -0.1) is 0 Å². The lowest BCUT2D eigenvalue weighted by atomic mass is 10.9. The highest BCUT2D eigenvalue weighted by Crippen LogP contribution is 2.14. The third kappa shape index (κ3) is 1.40. The van der Waals surface area contributed by atoms with Crippen molar-refractivity contribution < 1.29 is 0 Å². The molecule has 1 aromatic rings. The number of hydrogen-bond donors (Lipinski definition) is 0. The zero-order valence-corrected chi connectivity index (χ0v) is 8.23. The van der Waals surface area contributed by atoms with Crippen LogP contribution in [-0.2, 0) is 7.05 Å². The highest BCUT2D eigenvalue weighted by atomic mass is 127. The number of thioether (sulfide) groups is 1. The minimum Gasteiger partial charge on any atom is -0.318 e. The molecule has 0 saturated heterocycles. The Hall–Kier alpha value is 0.290. The first-order valence-corrected chi connectivity index (χ1v) is 4.77. The molecule has 0 unspecified atom stereocenters. The molecule has 1 rings (SSSR count). The lowest BCUT2D eigenvalue weighted by Crippen LogP contribution is -1.91. The Bertz CT molecular complexity index is 209. The molecule has 50 valence electrons. The first-order valence-electron chi connectivity index (χ1n) is 2.47. The fourth-order valence-corrected chi connectivity index (χ4v) is 1.62. The third-order valence-electron chi connectivity index (χ3n) is 1.07. The molecule has 1 aromatic heterocycles. The first kappa shape index (κ1) is 7.40. The molecular weight excluding hydrogens is 247 g/mol. The zero-order valence-electron chi connectivity index (χ0n) is 5.26. The van der Waals surface area contributed by atoms with Crippen molar-refractivity contribution in [1.29, 1.82) is 0 Å². The average Bonchev–Trinajstić information content (AvgIpc) is 2.15. The van der Waals surface area contributed by atoms with E-state index in [1.165, 1.54) is 3.70 Å². The Kier molecular flexibility index (Phi) is 2.40. The highest BCUT2D eigenvalue weighted by molar-refractivity contribution is 14.1. The van der Waals surface area contributed by atoms with Crippen LogP contribution in [0.2, 0.25) is 0 Å². The Balaban J connectivity index is 3.04. The van der Waals surface area contributed by atoms with E-state index in [9.17, 15) is 0 Å². The van der Waals surface area contributed by atoms with Gasteiger partial charge in [0, 0.05) is 7.05 Å². The quantitative estimate of drug-likeness (QED) is 0.561. The lowest BCUT2D eigenvalue weighted by molar-refractivity contribution is 0.774. The van der Waals surface area contributed by atoms with Gasteiger partial charge in [-0.05, 0) is 28.8 Å². The van der Waals surface area contributed by atoms with Gasteiger partial charge in [-0.2, -0.15) is 0 Å². The van der Waals surface area contributed by atoms with Crippen LogP contribution >= 0.6 is 34.4 Å². The van der Waals surface area contributed by atoms with E-state index in [1.807, 2.05) is 19.5 Å². The molecule has 2 nitrogen and oxygen atoms in total. The Morgan fingerprint density at radius 1 is 1.78 bits per heavy atom. The zero-order chi connectivity index (χ0) is 6.85. The van der Waals surface area contributed by atoms with Gasteiger partial charge in [0.15, 0.2) is 5.16 Å². The van der Waals surface area contributed by atoms with E-state index in [4.69, 9.17) is 0 Å². The summed E-state index contributed by atoms with van der Waals surface area (Å²) in [5, 5.41) is 1.07. The fraction of sp³-hybridized carbons (Fsp3) is 0.400. The molecule has 4 heteroatoms. The normalized spacial score (nSPS) is 10.1. The molecule has 0 atom stereocenters. The van der Waals surface area contributed by atoms with E-state index in [2.05, 4.69) is 32.1 Å². The number of nitrogens with zero attached hydrogens (tertiary/aromatic N) is 2. The van der Waals surface area contributed by atoms with Crippen molar-refractivity contribution in [3.63, 3.8) is 0 Å². The van der Waals surface area contributed by atoms with Crippen molar-refractivity contribution in [1.82, 2.24) is 9.55 Å². The second kappa shape index (κ2) is 2.92. The molecule has 0 aliphatic carbocycles. The van der Waals surface area contributed by atoms with Gasteiger partial charge in [0.05, 0.1) is 6.20 Å². The lowest BCUT2D eigenvalue weighted by Gasteiger charge is -1.95. The molecule has 0 aromatic carbocycles. The van der Waals surface area contributed by atoms with E-state index in [-0.39, 0.29) is 0 Å². The Morgan fingerprint density at radius 2 is 2.44 bits per heavy atom. The molecular formula is C5H7IN2S. The van der Waals surface area contributed by atoms with Crippen LogP contribution in [0.5, 0.6) is 0 Å². The molecule has 0 N–H and O–H groups in total. The summed E-state index contributed by atoms with van der Waals surface area (Å²) in [6, 6.07) is 0. The number of aromatic nitrogens is 2. The summed E-state index contributed by atoms with van der Waals surface area (Å²) in [7, 11) is 2.01. The highest BCUT2D eigenvalue weighted by Gasteiger charge is 1.99. The van der Waals surface area contributed by atoms with E-state index in [1.54, 1.807) is 11.8 Å². The number of halogens is 1. The molecule has 0 aliphatic rings. The minimum absolute atomic E-state index is 1.07. The van der Waals surface area contributed by atoms with Crippen LogP contribution in [-0.4, -0.2) is 15.8 Å². The monoisotopic (exact) mass is 254 g/mol. The van der Waals surface area contributed by atoms with Crippen molar-refractivity contribution >= 4 is 34.4 Å². The predicted molar refractivity (Wildman–Crippen MR) is 47.7 cm³/mol. The summed E-state index contributed by atoms with van der Waals surface area (Å²) in [5.74, 6) is 0. The average molecular weight is 254 g/mol. The summed E-state index contributed by atoms with van der Waals surface area (Å²) in [6.45, 7) is 0. The van der Waals surface area contributed by atoms with Crippen molar-refractivity contribution in [2.45, 2.75) is 5.16 Å². The molecule has 1 heterocycles. The van der Waals surface area contributed by atoms with Gasteiger partial charge < -0.3 is 4.57 Å². The van der Waals surface area contributed by atoms with Crippen LogP contribution in [0.25, 0.3) is 0 Å². The van der Waals surface area contributed by atoms with E-state index in [0.717, 1.165) is 5.16 Å². The summed E-state index contributed by atoms with van der Waals surface area (Å²) >= 11 is 3.92. The maximum atomic E-state index is 4.15. The predicted octanol–water partition coefficient (Wildman–Crippen LogP) is 1.75. The van der Waals surface area contributed by atoms with Crippen LogP contribution in [0.4, 0.5) is 0 Å². The van der Waals surface area contributed by atoms with Crippen LogP contribution < -0.4 is 0 Å². The first-order chi connectivity index (χ1) is 4.25. The Morgan fingerprint density at radius 3 is 2.67 bits per heavy atom. The summed E-state index contributed by atoms with van der Waals surface area (Å²) in [4.78, 5) is 4.15. The standard InChI is InChI=1S/C5H7IN2S/c1-8-4(6)3-7-5(8)9-2/h3H,1-2H3. The van der Waals surface area contributed by atoms with Gasteiger partial charge in [0.2, 0.25) is 0 Å². The van der Waals surface area contributed by atoms with Gasteiger partial charge >= 0.3 is 0 Å². The van der Waals surface area contributed by atoms with Crippen LogP contribution in [0.15, 0.2) is 11.4 Å². The Labute approximate surface area is 72.2 Å². The smallest absolute Gasteiger partial charge is 0.168 e. The molecule has 0 saturated carbocycles. The van der Waals surface area contributed by atoms with Gasteiger partial charge in [0.25, 0.3) is 0 Å². The maximum Gasteiger partial charge on any atom is 0.168 e. The van der Waals surface area contributed by atoms with Crippen LogP contribution in [0.1, 0.15) is 0 Å². The molecule has 0 bridgehead atoms.